The number of benzene rings is 2. The topological polar surface area (TPSA) is 12.9 Å². The largest absolute Gasteiger partial charge is 0.320 e. The molecule has 3 heteroatoms. The van der Waals surface area contributed by atoms with E-state index in [1.807, 2.05) is 12.3 Å². The molecule has 0 saturated heterocycles. The van der Waals surface area contributed by atoms with Gasteiger partial charge >= 0.3 is 0 Å². The molecular formula is C16H10IrNS-. The average molecular weight is 441 g/mol. The maximum absolute atomic E-state index is 4.55. The van der Waals surface area contributed by atoms with E-state index in [1.165, 1.54) is 25.7 Å². The first-order chi connectivity index (χ1) is 8.84. The molecule has 0 unspecified atom stereocenters. The summed E-state index contributed by atoms with van der Waals surface area (Å²) in [4.78, 5) is 5.76. The molecule has 2 aromatic carbocycles. The monoisotopic (exact) mass is 441 g/mol. The van der Waals surface area contributed by atoms with Gasteiger partial charge in [0.2, 0.25) is 0 Å². The van der Waals surface area contributed by atoms with E-state index in [2.05, 4.69) is 48.3 Å². The van der Waals surface area contributed by atoms with Crippen LogP contribution < -0.4 is 0 Å². The third kappa shape index (κ3) is 1.81. The summed E-state index contributed by atoms with van der Waals surface area (Å²) in [6.07, 6.45) is 1.86. The summed E-state index contributed by atoms with van der Waals surface area (Å²) in [5.74, 6) is 0. The number of thiophene rings is 1. The second-order valence-electron chi connectivity index (χ2n) is 4.43. The second-order valence-corrected chi connectivity index (χ2v) is 5.66. The maximum Gasteiger partial charge on any atom is 0.0124 e. The zero-order valence-corrected chi connectivity index (χ0v) is 13.4. The average Bonchev–Trinajstić information content (AvgIpc) is 2.81. The first-order valence-corrected chi connectivity index (χ1v) is 6.74. The number of aromatic nitrogens is 1. The van der Waals surface area contributed by atoms with Gasteiger partial charge < -0.3 is 4.98 Å². The van der Waals surface area contributed by atoms with E-state index in [-0.39, 0.29) is 20.1 Å². The van der Waals surface area contributed by atoms with Gasteiger partial charge in [-0.25, -0.2) is 11.3 Å². The normalized spacial score (nSPS) is 11.0. The Labute approximate surface area is 128 Å². The predicted octanol–water partition coefficient (Wildman–Crippen LogP) is 4.71. The SMILES string of the molecule is Cc1[c-]c2c3ncccc3c3ccccc3c2s1.[Ir]. The molecular weight excluding hydrogens is 430 g/mol. The summed E-state index contributed by atoms with van der Waals surface area (Å²) < 4.78 is 1.30. The fourth-order valence-corrected chi connectivity index (χ4v) is 3.55. The Kier molecular flexibility index (Phi) is 3.14. The molecule has 0 bridgehead atoms. The summed E-state index contributed by atoms with van der Waals surface area (Å²) >= 11 is 1.80. The van der Waals surface area contributed by atoms with E-state index in [4.69, 9.17) is 0 Å². The molecule has 4 rings (SSSR count). The Morgan fingerprint density at radius 3 is 2.58 bits per heavy atom. The molecule has 1 nitrogen and oxygen atoms in total. The minimum atomic E-state index is 0. The van der Waals surface area contributed by atoms with Crippen molar-refractivity contribution in [3.63, 3.8) is 0 Å². The third-order valence-electron chi connectivity index (χ3n) is 3.29. The van der Waals surface area contributed by atoms with Gasteiger partial charge in [0.25, 0.3) is 0 Å². The fraction of sp³-hybridized carbons (Fsp3) is 0.0625. The van der Waals surface area contributed by atoms with E-state index in [0.29, 0.717) is 0 Å². The van der Waals surface area contributed by atoms with Gasteiger partial charge in [-0.05, 0) is 29.3 Å². The number of pyridine rings is 1. The first-order valence-electron chi connectivity index (χ1n) is 5.92. The van der Waals surface area contributed by atoms with E-state index < -0.39 is 0 Å². The van der Waals surface area contributed by atoms with Crippen LogP contribution in [0.1, 0.15) is 4.88 Å². The zero-order valence-electron chi connectivity index (χ0n) is 10.2. The summed E-state index contributed by atoms with van der Waals surface area (Å²) in [5, 5.41) is 4.96. The van der Waals surface area contributed by atoms with Crippen molar-refractivity contribution < 1.29 is 20.1 Å². The molecule has 2 aromatic heterocycles. The minimum absolute atomic E-state index is 0. The van der Waals surface area contributed by atoms with Crippen molar-refractivity contribution in [1.29, 1.82) is 0 Å². The number of fused-ring (bicyclic) bond motifs is 6. The van der Waals surface area contributed by atoms with Crippen molar-refractivity contribution in [1.82, 2.24) is 4.98 Å². The number of hydrogen-bond acceptors (Lipinski definition) is 2. The smallest absolute Gasteiger partial charge is 0.0124 e. The van der Waals surface area contributed by atoms with Crippen LogP contribution in [0.25, 0.3) is 31.8 Å². The molecule has 0 atom stereocenters. The van der Waals surface area contributed by atoms with Gasteiger partial charge in [-0.3, -0.25) is 0 Å². The van der Waals surface area contributed by atoms with E-state index in [1.54, 1.807) is 11.3 Å². The van der Waals surface area contributed by atoms with Crippen molar-refractivity contribution in [3.8, 4) is 0 Å². The summed E-state index contributed by atoms with van der Waals surface area (Å²) in [6, 6.07) is 16.1. The number of nitrogens with zero attached hydrogens (tertiary/aromatic N) is 1. The van der Waals surface area contributed by atoms with Crippen LogP contribution >= 0.6 is 11.3 Å². The van der Waals surface area contributed by atoms with Crippen LogP contribution in [0.4, 0.5) is 0 Å². The van der Waals surface area contributed by atoms with Crippen LogP contribution in [0.3, 0.4) is 0 Å². The molecule has 1 radical (unpaired) electrons. The number of aryl methyl sites for hydroxylation is 1. The molecule has 0 amide bonds. The quantitative estimate of drug-likeness (QED) is 0.285. The molecule has 0 aliphatic heterocycles. The van der Waals surface area contributed by atoms with Gasteiger partial charge in [-0.15, -0.1) is 5.39 Å². The van der Waals surface area contributed by atoms with Crippen molar-refractivity contribution >= 4 is 43.1 Å². The van der Waals surface area contributed by atoms with Gasteiger partial charge in [0.1, 0.15) is 0 Å². The van der Waals surface area contributed by atoms with E-state index in [0.717, 1.165) is 10.9 Å². The molecule has 0 N–H and O–H groups in total. The molecule has 19 heavy (non-hydrogen) atoms. The molecule has 0 saturated carbocycles. The summed E-state index contributed by atoms with van der Waals surface area (Å²) in [7, 11) is 0. The predicted molar refractivity (Wildman–Crippen MR) is 78.2 cm³/mol. The van der Waals surface area contributed by atoms with E-state index >= 15 is 0 Å². The van der Waals surface area contributed by atoms with Crippen LogP contribution in [0.2, 0.25) is 0 Å². The number of hydrogen-bond donors (Lipinski definition) is 0. The van der Waals surface area contributed by atoms with Gasteiger partial charge in [0.15, 0.2) is 0 Å². The second kappa shape index (κ2) is 4.68. The third-order valence-corrected chi connectivity index (χ3v) is 4.33. The Morgan fingerprint density at radius 1 is 1.00 bits per heavy atom. The Hall–Kier alpha value is -1.28. The number of rotatable bonds is 0. The van der Waals surface area contributed by atoms with Crippen LogP contribution in [0, 0.1) is 13.0 Å². The van der Waals surface area contributed by atoms with Crippen molar-refractivity contribution in [3.05, 3.63) is 53.5 Å². The van der Waals surface area contributed by atoms with Crippen molar-refractivity contribution in [2.75, 3.05) is 0 Å². The molecule has 0 fully saturated rings. The van der Waals surface area contributed by atoms with Gasteiger partial charge in [0.05, 0.1) is 0 Å². The molecule has 0 aliphatic carbocycles. The van der Waals surface area contributed by atoms with Crippen molar-refractivity contribution in [2.45, 2.75) is 6.92 Å². The Balaban J connectivity index is 0.00000110. The summed E-state index contributed by atoms with van der Waals surface area (Å²) in [6.45, 7) is 2.11. The van der Waals surface area contributed by atoms with Gasteiger partial charge in [0, 0.05) is 26.3 Å². The maximum atomic E-state index is 4.55. The molecule has 0 spiro atoms. The standard InChI is InChI=1S/C16H10NS.Ir/c1-10-9-14-15-12(7-4-8-17-15)11-5-2-3-6-13(11)16(14)18-10;/h2-8H,1H3;/q-1;. The summed E-state index contributed by atoms with van der Waals surface area (Å²) in [5.41, 5.74) is 1.07. The van der Waals surface area contributed by atoms with Gasteiger partial charge in [-0.1, -0.05) is 45.3 Å². The van der Waals surface area contributed by atoms with Gasteiger partial charge in [-0.2, -0.15) is 6.07 Å². The first kappa shape index (κ1) is 12.7. The van der Waals surface area contributed by atoms with Crippen LogP contribution in [-0.2, 0) is 20.1 Å². The Morgan fingerprint density at radius 2 is 1.74 bits per heavy atom. The van der Waals surface area contributed by atoms with Crippen molar-refractivity contribution in [2.24, 2.45) is 0 Å². The Bertz CT molecular complexity index is 822. The molecule has 2 heterocycles. The molecule has 0 aliphatic rings. The minimum Gasteiger partial charge on any atom is -0.320 e. The van der Waals surface area contributed by atoms with Crippen LogP contribution in [0.15, 0.2) is 42.6 Å². The molecule has 95 valence electrons. The fourth-order valence-electron chi connectivity index (χ4n) is 2.56. The molecule has 4 aromatic rings. The zero-order chi connectivity index (χ0) is 12.1. The van der Waals surface area contributed by atoms with Crippen LogP contribution in [-0.4, -0.2) is 4.98 Å². The van der Waals surface area contributed by atoms with E-state index in [9.17, 15) is 0 Å². The van der Waals surface area contributed by atoms with Crippen LogP contribution in [0.5, 0.6) is 0 Å².